The van der Waals surface area contributed by atoms with Crippen LogP contribution in [-0.4, -0.2) is 35.1 Å². The number of thiophene rings is 1. The number of hydrogen-bond acceptors (Lipinski definition) is 3. The lowest BCUT2D eigenvalue weighted by molar-refractivity contribution is -0.143. The highest BCUT2D eigenvalue weighted by Gasteiger charge is 2.26. The van der Waals surface area contributed by atoms with E-state index in [4.69, 9.17) is 5.11 Å². The second kappa shape index (κ2) is 6.06. The number of carbonyl (C=O) groups excluding carboxylic acids is 1. The van der Waals surface area contributed by atoms with Crippen molar-refractivity contribution in [1.82, 2.24) is 10.2 Å². The molecule has 1 aliphatic heterocycles. The normalized spacial score (nSPS) is 16.4. The van der Waals surface area contributed by atoms with Gasteiger partial charge in [0, 0.05) is 18.0 Å². The molecule has 19 heavy (non-hydrogen) atoms. The number of nitrogens with one attached hydrogen (secondary N) is 1. The lowest BCUT2D eigenvalue weighted by Gasteiger charge is -2.30. The van der Waals surface area contributed by atoms with Gasteiger partial charge in [-0.1, -0.05) is 0 Å². The van der Waals surface area contributed by atoms with Crippen LogP contribution in [0.25, 0.3) is 0 Å². The fourth-order valence-electron chi connectivity index (χ4n) is 2.19. The highest BCUT2D eigenvalue weighted by atomic mass is 32.1. The van der Waals surface area contributed by atoms with Crippen LogP contribution in [0, 0.1) is 12.8 Å². The van der Waals surface area contributed by atoms with Crippen molar-refractivity contribution >= 4 is 23.3 Å². The van der Waals surface area contributed by atoms with Crippen LogP contribution < -0.4 is 5.32 Å². The fraction of sp³-hybridized carbons (Fsp3) is 0.538. The number of carboxylic acids is 1. The van der Waals surface area contributed by atoms with Gasteiger partial charge in [-0.15, -0.1) is 11.3 Å². The van der Waals surface area contributed by atoms with Gasteiger partial charge in [0.25, 0.3) is 0 Å². The minimum Gasteiger partial charge on any atom is -0.481 e. The molecule has 0 radical (unpaired) electrons. The zero-order valence-electron chi connectivity index (χ0n) is 10.9. The number of likely N-dealkylation sites (tertiary alicyclic amines) is 1. The second-order valence-corrected chi connectivity index (χ2v) is 5.84. The maximum absolute atomic E-state index is 11.9. The summed E-state index contributed by atoms with van der Waals surface area (Å²) in [5.74, 6) is -1.06. The Morgan fingerprint density at radius 2 is 2.16 bits per heavy atom. The molecule has 2 heterocycles. The van der Waals surface area contributed by atoms with Crippen LogP contribution in [0.4, 0.5) is 4.79 Å². The molecule has 5 nitrogen and oxygen atoms in total. The molecule has 0 saturated carbocycles. The Kier molecular flexibility index (Phi) is 4.42. The predicted molar refractivity (Wildman–Crippen MR) is 73.2 cm³/mol. The molecule has 0 aromatic carbocycles. The molecule has 2 amide bonds. The van der Waals surface area contributed by atoms with Gasteiger partial charge in [-0.05, 0) is 36.8 Å². The number of carbonyl (C=O) groups is 2. The van der Waals surface area contributed by atoms with Crippen LogP contribution in [0.5, 0.6) is 0 Å². The number of rotatable bonds is 3. The summed E-state index contributed by atoms with van der Waals surface area (Å²) in [5.41, 5.74) is 1.21. The van der Waals surface area contributed by atoms with E-state index in [9.17, 15) is 9.59 Å². The van der Waals surface area contributed by atoms with E-state index in [2.05, 4.69) is 16.8 Å². The van der Waals surface area contributed by atoms with Crippen molar-refractivity contribution in [2.45, 2.75) is 26.3 Å². The Hall–Kier alpha value is -1.56. The summed E-state index contributed by atoms with van der Waals surface area (Å²) < 4.78 is 0. The molecule has 6 heteroatoms. The number of aliphatic carboxylic acids is 1. The lowest BCUT2D eigenvalue weighted by atomic mass is 9.97. The quantitative estimate of drug-likeness (QED) is 0.891. The van der Waals surface area contributed by atoms with Crippen LogP contribution >= 0.6 is 11.3 Å². The van der Waals surface area contributed by atoms with E-state index in [1.54, 1.807) is 16.2 Å². The summed E-state index contributed by atoms with van der Waals surface area (Å²) in [6, 6.07) is 1.96. The molecule has 0 bridgehead atoms. The molecule has 0 unspecified atom stereocenters. The first-order valence-electron chi connectivity index (χ1n) is 6.36. The van der Waals surface area contributed by atoms with Gasteiger partial charge in [0.05, 0.1) is 12.5 Å². The van der Waals surface area contributed by atoms with Crippen molar-refractivity contribution in [2.24, 2.45) is 5.92 Å². The standard InChI is InChI=1S/C13H18N2O3S/c1-9-6-11(19-8-9)7-14-13(18)15-4-2-10(3-5-15)12(16)17/h6,8,10H,2-5,7H2,1H3,(H,14,18)(H,16,17). The average molecular weight is 282 g/mol. The minimum absolute atomic E-state index is 0.102. The van der Waals surface area contributed by atoms with Crippen molar-refractivity contribution in [2.75, 3.05) is 13.1 Å². The number of nitrogens with zero attached hydrogens (tertiary/aromatic N) is 1. The van der Waals surface area contributed by atoms with Gasteiger partial charge in [-0.3, -0.25) is 4.79 Å². The minimum atomic E-state index is -0.755. The number of urea groups is 1. The topological polar surface area (TPSA) is 69.6 Å². The lowest BCUT2D eigenvalue weighted by Crippen LogP contribution is -2.45. The third-order valence-corrected chi connectivity index (χ3v) is 4.38. The van der Waals surface area contributed by atoms with E-state index in [0.717, 1.165) is 4.88 Å². The Morgan fingerprint density at radius 3 is 2.68 bits per heavy atom. The van der Waals surface area contributed by atoms with Crippen molar-refractivity contribution in [3.8, 4) is 0 Å². The molecule has 104 valence electrons. The SMILES string of the molecule is Cc1csc(CNC(=O)N2CCC(C(=O)O)CC2)c1. The molecule has 1 aromatic heterocycles. The van der Waals surface area contributed by atoms with Crippen LogP contribution in [0.2, 0.25) is 0 Å². The summed E-state index contributed by atoms with van der Waals surface area (Å²) in [6.45, 7) is 3.60. The van der Waals surface area contributed by atoms with Crippen molar-refractivity contribution in [1.29, 1.82) is 0 Å². The van der Waals surface area contributed by atoms with Gasteiger partial charge in [0.2, 0.25) is 0 Å². The van der Waals surface area contributed by atoms with Crippen LogP contribution in [0.15, 0.2) is 11.4 Å². The number of piperidine rings is 1. The molecule has 2 N–H and O–H groups in total. The van der Waals surface area contributed by atoms with Crippen molar-refractivity contribution < 1.29 is 14.7 Å². The van der Waals surface area contributed by atoms with Gasteiger partial charge in [0.1, 0.15) is 0 Å². The third-order valence-electron chi connectivity index (χ3n) is 3.33. The first-order chi connectivity index (χ1) is 9.06. The van der Waals surface area contributed by atoms with Gasteiger partial charge >= 0.3 is 12.0 Å². The maximum Gasteiger partial charge on any atom is 0.317 e. The molecule has 0 atom stereocenters. The van der Waals surface area contributed by atoms with Gasteiger partial charge in [0.15, 0.2) is 0 Å². The van der Waals surface area contributed by atoms with E-state index in [-0.39, 0.29) is 11.9 Å². The summed E-state index contributed by atoms with van der Waals surface area (Å²) in [6.07, 6.45) is 1.09. The van der Waals surface area contributed by atoms with Crippen LogP contribution in [0.1, 0.15) is 23.3 Å². The smallest absolute Gasteiger partial charge is 0.317 e. The van der Waals surface area contributed by atoms with Crippen LogP contribution in [-0.2, 0) is 11.3 Å². The number of carboxylic acid groups (broad SMARTS) is 1. The first-order valence-corrected chi connectivity index (χ1v) is 7.24. The second-order valence-electron chi connectivity index (χ2n) is 4.85. The summed E-state index contributed by atoms with van der Waals surface area (Å²) in [4.78, 5) is 25.6. The third kappa shape index (κ3) is 3.70. The van der Waals surface area contributed by atoms with Crippen molar-refractivity contribution in [3.05, 3.63) is 21.9 Å². The maximum atomic E-state index is 11.9. The Balaban J connectivity index is 1.77. The molecule has 1 saturated heterocycles. The zero-order valence-corrected chi connectivity index (χ0v) is 11.7. The van der Waals surface area contributed by atoms with Gasteiger partial charge < -0.3 is 15.3 Å². The predicted octanol–water partition coefficient (Wildman–Crippen LogP) is 2.06. The number of hydrogen-bond donors (Lipinski definition) is 2. The number of aryl methyl sites for hydroxylation is 1. The van der Waals surface area contributed by atoms with E-state index in [1.807, 2.05) is 6.92 Å². The fourth-order valence-corrected chi connectivity index (χ4v) is 3.00. The van der Waals surface area contributed by atoms with E-state index in [1.165, 1.54) is 5.56 Å². The average Bonchev–Trinajstić information content (AvgIpc) is 2.82. The first kappa shape index (κ1) is 13.9. The Morgan fingerprint density at radius 1 is 1.47 bits per heavy atom. The molecule has 0 spiro atoms. The monoisotopic (exact) mass is 282 g/mol. The summed E-state index contributed by atoms with van der Waals surface area (Å²) >= 11 is 1.63. The molecule has 2 rings (SSSR count). The van der Waals surface area contributed by atoms with Gasteiger partial charge in [-0.25, -0.2) is 4.79 Å². The summed E-state index contributed by atoms with van der Waals surface area (Å²) in [5, 5.41) is 13.8. The van der Waals surface area contributed by atoms with Crippen molar-refractivity contribution in [3.63, 3.8) is 0 Å². The molecule has 1 fully saturated rings. The summed E-state index contributed by atoms with van der Waals surface area (Å²) in [7, 11) is 0. The molecule has 1 aliphatic rings. The largest absolute Gasteiger partial charge is 0.481 e. The van der Waals surface area contributed by atoms with E-state index < -0.39 is 5.97 Å². The number of amides is 2. The van der Waals surface area contributed by atoms with Gasteiger partial charge in [-0.2, -0.15) is 0 Å². The highest BCUT2D eigenvalue weighted by molar-refractivity contribution is 7.10. The molecular weight excluding hydrogens is 264 g/mol. The highest BCUT2D eigenvalue weighted by Crippen LogP contribution is 2.17. The van der Waals surface area contributed by atoms with E-state index >= 15 is 0 Å². The Labute approximate surface area is 116 Å². The molecule has 0 aliphatic carbocycles. The van der Waals surface area contributed by atoms with Crippen LogP contribution in [0.3, 0.4) is 0 Å². The molecule has 1 aromatic rings. The Bertz CT molecular complexity index is 464. The molecular formula is C13H18N2O3S. The zero-order chi connectivity index (χ0) is 13.8. The van der Waals surface area contributed by atoms with E-state index in [0.29, 0.717) is 32.5 Å².